The van der Waals surface area contributed by atoms with Gasteiger partial charge in [0, 0.05) is 13.0 Å². The number of nitrogens with zero attached hydrogens (tertiary/aromatic N) is 2. The number of aryl methyl sites for hydroxylation is 1. The maximum atomic E-state index is 12.6. The van der Waals surface area contributed by atoms with Crippen molar-refractivity contribution in [1.82, 2.24) is 14.9 Å². The molecule has 1 amide bonds. The zero-order chi connectivity index (χ0) is 19.8. The van der Waals surface area contributed by atoms with Gasteiger partial charge in [0.25, 0.3) is 5.56 Å². The first-order chi connectivity index (χ1) is 13.7. The summed E-state index contributed by atoms with van der Waals surface area (Å²) in [6, 6.07) is 17.3. The van der Waals surface area contributed by atoms with Crippen molar-refractivity contribution in [3.8, 4) is 0 Å². The molecule has 0 radical (unpaired) electrons. The van der Waals surface area contributed by atoms with Crippen LogP contribution in [0.3, 0.4) is 0 Å². The Bertz CT molecular complexity index is 966. The lowest BCUT2D eigenvalue weighted by Gasteiger charge is -2.19. The zero-order valence-electron chi connectivity index (χ0n) is 16.3. The molecule has 28 heavy (non-hydrogen) atoms. The predicted octanol–water partition coefficient (Wildman–Crippen LogP) is 4.22. The lowest BCUT2D eigenvalue weighted by molar-refractivity contribution is -0.122. The molecule has 0 bridgehead atoms. The summed E-state index contributed by atoms with van der Waals surface area (Å²) in [6.45, 7) is 2.49. The average Bonchev–Trinajstić information content (AvgIpc) is 2.73. The summed E-state index contributed by atoms with van der Waals surface area (Å²) in [4.78, 5) is 29.4. The number of fused-ring (bicyclic) bond motifs is 1. The van der Waals surface area contributed by atoms with Crippen molar-refractivity contribution in [2.75, 3.05) is 0 Å². The number of carbonyl (C=O) groups excluding carboxylic acids is 1. The van der Waals surface area contributed by atoms with Gasteiger partial charge >= 0.3 is 0 Å². The summed E-state index contributed by atoms with van der Waals surface area (Å²) < 4.78 is 1.51. The molecule has 1 aromatic heterocycles. The highest BCUT2D eigenvalue weighted by atomic mass is 16.2. The molecule has 3 aromatic rings. The number of carbonyl (C=O) groups is 1. The van der Waals surface area contributed by atoms with E-state index in [1.54, 1.807) is 6.07 Å². The van der Waals surface area contributed by atoms with E-state index in [0.29, 0.717) is 17.4 Å². The third-order valence-corrected chi connectivity index (χ3v) is 4.94. The molecule has 0 saturated heterocycles. The second kappa shape index (κ2) is 9.83. The smallest absolute Gasteiger partial charge is 0.261 e. The van der Waals surface area contributed by atoms with E-state index in [1.165, 1.54) is 10.9 Å². The number of para-hydroxylation sites is 1. The fourth-order valence-corrected chi connectivity index (χ4v) is 3.36. The van der Waals surface area contributed by atoms with Crippen LogP contribution in [0.1, 0.15) is 50.6 Å². The van der Waals surface area contributed by atoms with E-state index in [1.807, 2.05) is 36.4 Å². The molecule has 0 aliphatic rings. The van der Waals surface area contributed by atoms with Crippen molar-refractivity contribution in [3.63, 3.8) is 0 Å². The van der Waals surface area contributed by atoms with Crippen molar-refractivity contribution in [2.24, 2.45) is 0 Å². The van der Waals surface area contributed by atoms with Gasteiger partial charge in [-0.25, -0.2) is 4.98 Å². The van der Waals surface area contributed by atoms with E-state index >= 15 is 0 Å². The molecular weight excluding hydrogens is 350 g/mol. The average molecular weight is 377 g/mol. The first-order valence-electron chi connectivity index (χ1n) is 9.97. The number of rotatable bonds is 9. The Morgan fingerprint density at radius 2 is 1.82 bits per heavy atom. The molecule has 0 aliphatic heterocycles. The van der Waals surface area contributed by atoms with Crippen molar-refractivity contribution >= 4 is 16.8 Å². The Labute approximate surface area is 165 Å². The molecule has 5 heteroatoms. The number of benzene rings is 2. The molecule has 5 nitrogen and oxygen atoms in total. The normalized spacial score (nSPS) is 12.0. The number of hydrogen-bond acceptors (Lipinski definition) is 3. The third-order valence-electron chi connectivity index (χ3n) is 4.94. The second-order valence-corrected chi connectivity index (χ2v) is 7.04. The molecule has 0 fully saturated rings. The number of unbranched alkanes of at least 4 members (excludes halogenated alkanes) is 2. The molecule has 3 rings (SSSR count). The van der Waals surface area contributed by atoms with Crippen molar-refractivity contribution in [1.29, 1.82) is 0 Å². The molecule has 2 aromatic carbocycles. The van der Waals surface area contributed by atoms with E-state index in [0.717, 1.165) is 31.2 Å². The minimum atomic E-state index is -0.110. The van der Waals surface area contributed by atoms with Gasteiger partial charge in [-0.1, -0.05) is 68.7 Å². The maximum Gasteiger partial charge on any atom is 0.261 e. The Morgan fingerprint density at radius 1 is 1.07 bits per heavy atom. The van der Waals surface area contributed by atoms with Gasteiger partial charge in [-0.3, -0.25) is 14.2 Å². The topological polar surface area (TPSA) is 64.0 Å². The minimum Gasteiger partial charge on any atom is -0.349 e. The molecule has 1 unspecified atom stereocenters. The lowest BCUT2D eigenvalue weighted by Crippen LogP contribution is -2.30. The van der Waals surface area contributed by atoms with Gasteiger partial charge < -0.3 is 5.32 Å². The summed E-state index contributed by atoms with van der Waals surface area (Å²) in [5, 5.41) is 3.72. The highest BCUT2D eigenvalue weighted by Gasteiger charge is 2.14. The standard InChI is InChI=1S/C23H27N3O2/c1-2-3-5-13-20(18-10-6-4-7-11-18)25-22(27)15-16-26-17-24-21-14-9-8-12-19(21)23(26)28/h4,6-12,14,17,20H,2-3,5,13,15-16H2,1H3,(H,25,27). The van der Waals surface area contributed by atoms with E-state index in [9.17, 15) is 9.59 Å². The van der Waals surface area contributed by atoms with Crippen molar-refractivity contribution in [2.45, 2.75) is 51.6 Å². The van der Waals surface area contributed by atoms with Crippen molar-refractivity contribution in [3.05, 3.63) is 76.8 Å². The van der Waals surface area contributed by atoms with Crippen LogP contribution in [0.25, 0.3) is 10.9 Å². The number of aromatic nitrogens is 2. The molecule has 146 valence electrons. The fourth-order valence-electron chi connectivity index (χ4n) is 3.36. The second-order valence-electron chi connectivity index (χ2n) is 7.04. The SMILES string of the molecule is CCCCCC(NC(=O)CCn1cnc2ccccc2c1=O)c1ccccc1. The summed E-state index contributed by atoms with van der Waals surface area (Å²) in [5.41, 5.74) is 1.69. The molecule has 0 saturated carbocycles. The number of hydrogen-bond donors (Lipinski definition) is 1. The van der Waals surface area contributed by atoms with Gasteiger partial charge in [0.05, 0.1) is 23.3 Å². The monoisotopic (exact) mass is 377 g/mol. The van der Waals surface area contributed by atoms with E-state index < -0.39 is 0 Å². The van der Waals surface area contributed by atoms with Crippen LogP contribution >= 0.6 is 0 Å². The van der Waals surface area contributed by atoms with Crippen LogP contribution in [0.2, 0.25) is 0 Å². The Kier molecular flexibility index (Phi) is 6.95. The largest absolute Gasteiger partial charge is 0.349 e. The first-order valence-corrected chi connectivity index (χ1v) is 9.97. The molecular formula is C23H27N3O2. The van der Waals surface area contributed by atoms with Crippen LogP contribution in [0, 0.1) is 0 Å². The lowest BCUT2D eigenvalue weighted by atomic mass is 10.0. The number of nitrogens with one attached hydrogen (secondary N) is 1. The zero-order valence-corrected chi connectivity index (χ0v) is 16.3. The van der Waals surface area contributed by atoms with Gasteiger partial charge in [0.2, 0.25) is 5.91 Å². The quantitative estimate of drug-likeness (QED) is 0.568. The Hall–Kier alpha value is -2.95. The van der Waals surface area contributed by atoms with Crippen molar-refractivity contribution < 1.29 is 4.79 Å². The summed E-state index contributed by atoms with van der Waals surface area (Å²) >= 11 is 0. The molecule has 1 atom stereocenters. The van der Waals surface area contributed by atoms with E-state index in [-0.39, 0.29) is 23.9 Å². The van der Waals surface area contributed by atoms with Crippen LogP contribution in [-0.4, -0.2) is 15.5 Å². The molecule has 0 spiro atoms. The van der Waals surface area contributed by atoms with Gasteiger partial charge in [0.1, 0.15) is 0 Å². The molecule has 0 aliphatic carbocycles. The van der Waals surface area contributed by atoms with Crippen LogP contribution in [0.15, 0.2) is 65.7 Å². The summed E-state index contributed by atoms with van der Waals surface area (Å²) in [7, 11) is 0. The fraction of sp³-hybridized carbons (Fsp3) is 0.348. The molecule has 1 heterocycles. The minimum absolute atomic E-state index is 0.00620. The van der Waals surface area contributed by atoms with Gasteiger partial charge in [-0.2, -0.15) is 0 Å². The summed E-state index contributed by atoms with van der Waals surface area (Å²) in [6.07, 6.45) is 6.06. The third kappa shape index (κ3) is 5.06. The Morgan fingerprint density at radius 3 is 2.61 bits per heavy atom. The van der Waals surface area contributed by atoms with Crippen LogP contribution in [0.5, 0.6) is 0 Å². The van der Waals surface area contributed by atoms with E-state index in [2.05, 4.69) is 29.4 Å². The highest BCUT2D eigenvalue weighted by Crippen LogP contribution is 2.20. The number of amides is 1. The van der Waals surface area contributed by atoms with Crippen LogP contribution in [-0.2, 0) is 11.3 Å². The van der Waals surface area contributed by atoms with E-state index in [4.69, 9.17) is 0 Å². The predicted molar refractivity (Wildman–Crippen MR) is 112 cm³/mol. The maximum absolute atomic E-state index is 12.6. The van der Waals surface area contributed by atoms with Gasteiger partial charge in [0.15, 0.2) is 0 Å². The highest BCUT2D eigenvalue weighted by molar-refractivity contribution is 5.77. The van der Waals surface area contributed by atoms with Gasteiger partial charge in [-0.05, 0) is 24.1 Å². The van der Waals surface area contributed by atoms with Crippen LogP contribution < -0.4 is 10.9 Å². The van der Waals surface area contributed by atoms with Crippen LogP contribution in [0.4, 0.5) is 0 Å². The van der Waals surface area contributed by atoms with Gasteiger partial charge in [-0.15, -0.1) is 0 Å². The first kappa shape index (κ1) is 19.8. The molecule has 1 N–H and O–H groups in total. The Balaban J connectivity index is 1.64. The summed E-state index contributed by atoms with van der Waals surface area (Å²) in [5.74, 6) is -0.0505.